The van der Waals surface area contributed by atoms with E-state index in [-0.39, 0.29) is 11.7 Å². The van der Waals surface area contributed by atoms with Crippen LogP contribution in [-0.2, 0) is 0 Å². The molecule has 1 unspecified atom stereocenters. The molecule has 1 atom stereocenters. The largest absolute Gasteiger partial charge is 0.507 e. The molecule has 1 aliphatic rings. The lowest BCUT2D eigenvalue weighted by Crippen LogP contribution is -2.43. The molecule has 1 fully saturated rings. The highest BCUT2D eigenvalue weighted by atomic mass is 35.5. The zero-order chi connectivity index (χ0) is 13.1. The first-order valence-corrected chi connectivity index (χ1v) is 6.80. The third-order valence-electron chi connectivity index (χ3n) is 3.55. The van der Waals surface area contributed by atoms with Gasteiger partial charge in [-0.05, 0) is 43.9 Å². The normalized spacial score (nSPS) is 19.9. The van der Waals surface area contributed by atoms with Gasteiger partial charge in [0.05, 0.1) is 5.56 Å². The fraction of sp³-hybridized carbons (Fsp3) is 0.500. The molecule has 0 spiro atoms. The first-order chi connectivity index (χ1) is 8.63. The lowest BCUT2D eigenvalue weighted by Gasteiger charge is -2.35. The molecule has 1 aromatic carbocycles. The van der Waals surface area contributed by atoms with Crippen LogP contribution < -0.4 is 0 Å². The number of rotatable bonds is 2. The van der Waals surface area contributed by atoms with Gasteiger partial charge in [0.1, 0.15) is 5.75 Å². The maximum Gasteiger partial charge on any atom is 0.257 e. The molecule has 1 N–H and O–H groups in total. The molecule has 4 heteroatoms. The van der Waals surface area contributed by atoms with Crippen molar-refractivity contribution in [2.45, 2.75) is 38.6 Å². The number of phenolic OH excluding ortho intramolecular Hbond substituents is 1. The van der Waals surface area contributed by atoms with Gasteiger partial charge in [-0.25, -0.2) is 0 Å². The molecule has 0 radical (unpaired) electrons. The van der Waals surface area contributed by atoms with Crippen molar-refractivity contribution in [2.75, 3.05) is 6.54 Å². The second-order valence-electron chi connectivity index (χ2n) is 4.72. The third kappa shape index (κ3) is 2.61. The number of aromatic hydroxyl groups is 1. The fourth-order valence-corrected chi connectivity index (χ4v) is 2.70. The Morgan fingerprint density at radius 2 is 2.28 bits per heavy atom. The molecular formula is C14H18ClNO2. The quantitative estimate of drug-likeness (QED) is 0.892. The van der Waals surface area contributed by atoms with Gasteiger partial charge in [0.2, 0.25) is 0 Å². The first-order valence-electron chi connectivity index (χ1n) is 6.43. The van der Waals surface area contributed by atoms with E-state index in [0.717, 1.165) is 25.8 Å². The highest BCUT2D eigenvalue weighted by molar-refractivity contribution is 6.30. The highest BCUT2D eigenvalue weighted by Crippen LogP contribution is 2.27. The van der Waals surface area contributed by atoms with E-state index in [1.807, 2.05) is 4.90 Å². The molecule has 1 heterocycles. The minimum Gasteiger partial charge on any atom is -0.507 e. The lowest BCUT2D eigenvalue weighted by molar-refractivity contribution is 0.0605. The Balaban J connectivity index is 2.24. The molecule has 1 aliphatic heterocycles. The van der Waals surface area contributed by atoms with E-state index in [1.165, 1.54) is 12.5 Å². The van der Waals surface area contributed by atoms with Gasteiger partial charge >= 0.3 is 0 Å². The minimum absolute atomic E-state index is 0.0343. The highest BCUT2D eigenvalue weighted by Gasteiger charge is 2.27. The van der Waals surface area contributed by atoms with Crippen molar-refractivity contribution >= 4 is 17.5 Å². The fourth-order valence-electron chi connectivity index (χ4n) is 2.53. The van der Waals surface area contributed by atoms with Crippen molar-refractivity contribution in [2.24, 2.45) is 0 Å². The van der Waals surface area contributed by atoms with Crippen LogP contribution in [0.1, 0.15) is 43.0 Å². The number of piperidine rings is 1. The number of halogens is 1. The predicted molar refractivity (Wildman–Crippen MR) is 72.1 cm³/mol. The van der Waals surface area contributed by atoms with Crippen LogP contribution in [0.4, 0.5) is 0 Å². The zero-order valence-electron chi connectivity index (χ0n) is 10.5. The van der Waals surface area contributed by atoms with Gasteiger partial charge < -0.3 is 10.0 Å². The van der Waals surface area contributed by atoms with E-state index in [1.54, 1.807) is 12.1 Å². The van der Waals surface area contributed by atoms with Crippen molar-refractivity contribution in [3.8, 4) is 5.75 Å². The van der Waals surface area contributed by atoms with Crippen LogP contribution in [0.15, 0.2) is 18.2 Å². The van der Waals surface area contributed by atoms with E-state index < -0.39 is 0 Å². The summed E-state index contributed by atoms with van der Waals surface area (Å²) in [6, 6.07) is 4.95. The van der Waals surface area contributed by atoms with Gasteiger partial charge in [-0.1, -0.05) is 18.5 Å². The summed E-state index contributed by atoms with van der Waals surface area (Å²) < 4.78 is 0. The second kappa shape index (κ2) is 5.61. The van der Waals surface area contributed by atoms with Crippen LogP contribution in [0.5, 0.6) is 5.75 Å². The number of likely N-dealkylation sites (tertiary alicyclic amines) is 1. The third-order valence-corrected chi connectivity index (χ3v) is 3.78. The van der Waals surface area contributed by atoms with Crippen LogP contribution >= 0.6 is 11.6 Å². The van der Waals surface area contributed by atoms with Crippen molar-refractivity contribution < 1.29 is 9.90 Å². The summed E-state index contributed by atoms with van der Waals surface area (Å²) in [4.78, 5) is 14.3. The number of benzene rings is 1. The van der Waals surface area contributed by atoms with E-state index in [0.29, 0.717) is 16.6 Å². The minimum atomic E-state index is -0.0873. The van der Waals surface area contributed by atoms with Crippen LogP contribution in [-0.4, -0.2) is 28.5 Å². The Morgan fingerprint density at radius 3 is 2.94 bits per heavy atom. The number of nitrogens with zero attached hydrogens (tertiary/aromatic N) is 1. The molecule has 2 rings (SSSR count). The summed E-state index contributed by atoms with van der Waals surface area (Å²) in [6.45, 7) is 2.87. The van der Waals surface area contributed by atoms with Gasteiger partial charge in [-0.15, -0.1) is 0 Å². The van der Waals surface area contributed by atoms with Crippen LogP contribution in [0.3, 0.4) is 0 Å². The van der Waals surface area contributed by atoms with E-state index in [4.69, 9.17) is 11.6 Å². The van der Waals surface area contributed by atoms with E-state index in [9.17, 15) is 9.90 Å². The van der Waals surface area contributed by atoms with Gasteiger partial charge in [-0.3, -0.25) is 4.79 Å². The summed E-state index contributed by atoms with van der Waals surface area (Å²) >= 11 is 5.78. The number of hydrogen-bond donors (Lipinski definition) is 1. The molecule has 18 heavy (non-hydrogen) atoms. The summed E-state index contributed by atoms with van der Waals surface area (Å²) in [6.07, 6.45) is 4.22. The molecule has 98 valence electrons. The Morgan fingerprint density at radius 1 is 1.50 bits per heavy atom. The van der Waals surface area contributed by atoms with Crippen LogP contribution in [0.25, 0.3) is 0 Å². The number of carbonyl (C=O) groups is 1. The summed E-state index contributed by atoms with van der Waals surface area (Å²) in [5.41, 5.74) is 0.347. The summed E-state index contributed by atoms with van der Waals surface area (Å²) in [7, 11) is 0. The zero-order valence-corrected chi connectivity index (χ0v) is 11.3. The maximum atomic E-state index is 12.4. The number of phenols is 1. The Bertz CT molecular complexity index is 447. The monoisotopic (exact) mass is 267 g/mol. The average Bonchev–Trinajstić information content (AvgIpc) is 2.38. The first kappa shape index (κ1) is 13.2. The topological polar surface area (TPSA) is 40.5 Å². The predicted octanol–water partition coefficient (Wildman–Crippen LogP) is 3.45. The number of amides is 1. The molecule has 0 saturated carbocycles. The van der Waals surface area contributed by atoms with Gasteiger partial charge in [0, 0.05) is 17.6 Å². The molecule has 1 amide bonds. The number of carbonyl (C=O) groups excluding carboxylic acids is 1. The molecule has 1 saturated heterocycles. The SMILES string of the molecule is CCC1CCCCN1C(=O)c1ccc(Cl)cc1O. The Hall–Kier alpha value is -1.22. The molecule has 0 aromatic heterocycles. The molecule has 1 aromatic rings. The van der Waals surface area contributed by atoms with Crippen LogP contribution in [0, 0.1) is 0 Å². The lowest BCUT2D eigenvalue weighted by atomic mass is 9.98. The average molecular weight is 268 g/mol. The molecule has 0 aliphatic carbocycles. The second-order valence-corrected chi connectivity index (χ2v) is 5.15. The van der Waals surface area contributed by atoms with Crippen molar-refractivity contribution in [3.63, 3.8) is 0 Å². The standard InChI is InChI=1S/C14H18ClNO2/c1-2-11-5-3-4-8-16(11)14(18)12-7-6-10(15)9-13(12)17/h6-7,9,11,17H,2-5,8H2,1H3. The molecule has 0 bridgehead atoms. The van der Waals surface area contributed by atoms with Crippen molar-refractivity contribution in [1.29, 1.82) is 0 Å². The van der Waals surface area contributed by atoms with Crippen molar-refractivity contribution in [3.05, 3.63) is 28.8 Å². The summed E-state index contributed by atoms with van der Waals surface area (Å²) in [5.74, 6) is -0.122. The van der Waals surface area contributed by atoms with E-state index in [2.05, 4.69) is 6.92 Å². The van der Waals surface area contributed by atoms with Crippen molar-refractivity contribution in [1.82, 2.24) is 4.90 Å². The number of hydrogen-bond acceptors (Lipinski definition) is 2. The Labute approximate surface area is 112 Å². The molecular weight excluding hydrogens is 250 g/mol. The molecule has 3 nitrogen and oxygen atoms in total. The van der Waals surface area contributed by atoms with E-state index >= 15 is 0 Å². The smallest absolute Gasteiger partial charge is 0.257 e. The Kier molecular flexibility index (Phi) is 4.12. The summed E-state index contributed by atoms with van der Waals surface area (Å²) in [5, 5.41) is 10.3. The van der Waals surface area contributed by atoms with Gasteiger partial charge in [-0.2, -0.15) is 0 Å². The maximum absolute atomic E-state index is 12.4. The van der Waals surface area contributed by atoms with Gasteiger partial charge in [0.25, 0.3) is 5.91 Å². The van der Waals surface area contributed by atoms with Crippen LogP contribution in [0.2, 0.25) is 5.02 Å². The van der Waals surface area contributed by atoms with Gasteiger partial charge in [0.15, 0.2) is 0 Å².